The van der Waals surface area contributed by atoms with Crippen molar-refractivity contribution in [3.8, 4) is 11.1 Å². The molecule has 0 fully saturated rings. The number of carbonyl (C=O) groups excluding carboxylic acids is 1. The van der Waals surface area contributed by atoms with Crippen LogP contribution in [0.25, 0.3) is 21.3 Å². The lowest BCUT2D eigenvalue weighted by Crippen LogP contribution is -2.30. The van der Waals surface area contributed by atoms with E-state index in [1.54, 1.807) is 22.4 Å². The minimum absolute atomic E-state index is 0.0858. The van der Waals surface area contributed by atoms with E-state index in [1.807, 2.05) is 60.7 Å². The summed E-state index contributed by atoms with van der Waals surface area (Å²) in [6.45, 7) is 2.49. The van der Waals surface area contributed by atoms with E-state index in [0.717, 1.165) is 33.5 Å². The van der Waals surface area contributed by atoms with Crippen LogP contribution in [0.1, 0.15) is 28.5 Å². The smallest absolute Gasteiger partial charge is 0.260 e. The van der Waals surface area contributed by atoms with Gasteiger partial charge in [-0.05, 0) is 53.4 Å². The molecule has 5 heteroatoms. The van der Waals surface area contributed by atoms with E-state index in [0.29, 0.717) is 17.2 Å². The van der Waals surface area contributed by atoms with Gasteiger partial charge in [0.05, 0.1) is 22.5 Å². The SMILES string of the molecule is CCc1cccc2sc(N(Cc3ccccn3)C(=O)c3ccc(-c4ccccc4)cc3)nc12. The van der Waals surface area contributed by atoms with Crippen molar-refractivity contribution in [1.29, 1.82) is 0 Å². The summed E-state index contributed by atoms with van der Waals surface area (Å²) < 4.78 is 1.09. The number of hydrogen-bond donors (Lipinski definition) is 0. The van der Waals surface area contributed by atoms with Gasteiger partial charge in [-0.2, -0.15) is 0 Å². The standard InChI is InChI=1S/C28H23N3OS/c1-2-20-11-8-13-25-26(20)30-28(33-25)31(19-24-12-6-7-18-29-24)27(32)23-16-14-22(15-17-23)21-9-4-3-5-10-21/h3-18H,2,19H2,1H3. The van der Waals surface area contributed by atoms with Crippen LogP contribution in [0, 0.1) is 0 Å². The Hall–Kier alpha value is -3.83. The van der Waals surface area contributed by atoms with Crippen LogP contribution >= 0.6 is 11.3 Å². The molecular weight excluding hydrogens is 426 g/mol. The quantitative estimate of drug-likeness (QED) is 0.287. The Morgan fingerprint density at radius 1 is 0.848 bits per heavy atom. The van der Waals surface area contributed by atoms with Gasteiger partial charge in [-0.1, -0.05) is 78.9 Å². The van der Waals surface area contributed by atoms with Crippen LogP contribution in [0.2, 0.25) is 0 Å². The molecule has 0 saturated carbocycles. The number of aryl methyl sites for hydroxylation is 1. The Morgan fingerprint density at radius 3 is 2.33 bits per heavy atom. The molecule has 162 valence electrons. The zero-order valence-electron chi connectivity index (χ0n) is 18.3. The van der Waals surface area contributed by atoms with Crippen LogP contribution in [0.15, 0.2) is 97.2 Å². The van der Waals surface area contributed by atoms with Crippen LogP contribution in [0.3, 0.4) is 0 Å². The van der Waals surface area contributed by atoms with E-state index >= 15 is 0 Å². The zero-order chi connectivity index (χ0) is 22.6. The summed E-state index contributed by atoms with van der Waals surface area (Å²) in [5, 5.41) is 0.689. The molecule has 0 aliphatic rings. The van der Waals surface area contributed by atoms with E-state index in [2.05, 4.69) is 42.2 Å². The number of aromatic nitrogens is 2. The number of rotatable bonds is 6. The molecule has 5 aromatic rings. The maximum Gasteiger partial charge on any atom is 0.260 e. The third-order valence-electron chi connectivity index (χ3n) is 5.63. The minimum atomic E-state index is -0.0858. The molecule has 0 saturated heterocycles. The van der Waals surface area contributed by atoms with E-state index in [1.165, 1.54) is 5.56 Å². The third-order valence-corrected chi connectivity index (χ3v) is 6.68. The van der Waals surface area contributed by atoms with Gasteiger partial charge in [-0.25, -0.2) is 4.98 Å². The summed E-state index contributed by atoms with van der Waals surface area (Å²) in [6, 6.07) is 29.9. The Morgan fingerprint density at radius 2 is 1.61 bits per heavy atom. The fourth-order valence-corrected chi connectivity index (χ4v) is 4.88. The number of anilines is 1. The highest BCUT2D eigenvalue weighted by Gasteiger charge is 2.23. The van der Waals surface area contributed by atoms with Crippen molar-refractivity contribution in [2.75, 3.05) is 4.90 Å². The Labute approximate surface area is 197 Å². The molecule has 5 rings (SSSR count). The Balaban J connectivity index is 1.52. The number of fused-ring (bicyclic) bond motifs is 1. The second-order valence-corrected chi connectivity index (χ2v) is 8.78. The zero-order valence-corrected chi connectivity index (χ0v) is 19.1. The predicted molar refractivity (Wildman–Crippen MR) is 136 cm³/mol. The third kappa shape index (κ3) is 4.41. The average molecular weight is 450 g/mol. The first kappa shape index (κ1) is 21.0. The molecule has 0 aliphatic heterocycles. The molecule has 2 aromatic heterocycles. The van der Waals surface area contributed by atoms with E-state index in [-0.39, 0.29) is 5.91 Å². The van der Waals surface area contributed by atoms with Crippen LogP contribution in [-0.4, -0.2) is 15.9 Å². The minimum Gasteiger partial charge on any atom is -0.278 e. The first-order chi connectivity index (χ1) is 16.2. The summed E-state index contributed by atoms with van der Waals surface area (Å²) in [6.07, 6.45) is 2.65. The fraction of sp³-hybridized carbons (Fsp3) is 0.107. The van der Waals surface area contributed by atoms with Gasteiger partial charge >= 0.3 is 0 Å². The molecular formula is C28H23N3OS. The van der Waals surface area contributed by atoms with Gasteiger partial charge in [0, 0.05) is 11.8 Å². The number of amides is 1. The van der Waals surface area contributed by atoms with Crippen LogP contribution in [-0.2, 0) is 13.0 Å². The van der Waals surface area contributed by atoms with Crippen molar-refractivity contribution in [2.24, 2.45) is 0 Å². The second-order valence-electron chi connectivity index (χ2n) is 7.77. The van der Waals surface area contributed by atoms with Gasteiger partial charge in [-0.15, -0.1) is 0 Å². The number of carbonyl (C=O) groups is 1. The van der Waals surface area contributed by atoms with Crippen molar-refractivity contribution in [3.05, 3.63) is 114 Å². The summed E-state index contributed by atoms with van der Waals surface area (Å²) >= 11 is 1.54. The van der Waals surface area contributed by atoms with E-state index in [9.17, 15) is 4.79 Å². The molecule has 0 unspecified atom stereocenters. The first-order valence-corrected chi connectivity index (χ1v) is 11.8. The van der Waals surface area contributed by atoms with Gasteiger partial charge in [0.2, 0.25) is 0 Å². The Bertz CT molecular complexity index is 1380. The van der Waals surface area contributed by atoms with Crippen LogP contribution < -0.4 is 4.90 Å². The molecule has 0 radical (unpaired) electrons. The molecule has 0 spiro atoms. The van der Waals surface area contributed by atoms with Crippen LogP contribution in [0.5, 0.6) is 0 Å². The van der Waals surface area contributed by atoms with Crippen molar-refractivity contribution < 1.29 is 4.79 Å². The molecule has 4 nitrogen and oxygen atoms in total. The highest BCUT2D eigenvalue weighted by Crippen LogP contribution is 2.33. The molecule has 0 aliphatic carbocycles. The highest BCUT2D eigenvalue weighted by atomic mass is 32.1. The number of hydrogen-bond acceptors (Lipinski definition) is 4. The van der Waals surface area contributed by atoms with Gasteiger partial charge < -0.3 is 0 Å². The number of benzene rings is 3. The van der Waals surface area contributed by atoms with Gasteiger partial charge in [-0.3, -0.25) is 14.7 Å². The monoisotopic (exact) mass is 449 g/mol. The second kappa shape index (κ2) is 9.35. The molecule has 33 heavy (non-hydrogen) atoms. The summed E-state index contributed by atoms with van der Waals surface area (Å²) in [5.41, 5.74) is 5.81. The highest BCUT2D eigenvalue weighted by molar-refractivity contribution is 7.22. The van der Waals surface area contributed by atoms with Gasteiger partial charge in [0.1, 0.15) is 0 Å². The first-order valence-electron chi connectivity index (χ1n) is 11.0. The number of nitrogens with zero attached hydrogens (tertiary/aromatic N) is 3. The number of para-hydroxylation sites is 1. The number of thiazole rings is 1. The van der Waals surface area contributed by atoms with Crippen molar-refractivity contribution in [2.45, 2.75) is 19.9 Å². The topological polar surface area (TPSA) is 46.1 Å². The lowest BCUT2D eigenvalue weighted by molar-refractivity contribution is 0.0985. The molecule has 0 N–H and O–H groups in total. The summed E-state index contributed by atoms with van der Waals surface area (Å²) in [7, 11) is 0. The number of pyridine rings is 1. The van der Waals surface area contributed by atoms with Gasteiger partial charge in [0.15, 0.2) is 5.13 Å². The molecule has 2 heterocycles. The summed E-state index contributed by atoms with van der Waals surface area (Å²) in [5.74, 6) is -0.0858. The lowest BCUT2D eigenvalue weighted by atomic mass is 10.0. The summed E-state index contributed by atoms with van der Waals surface area (Å²) in [4.78, 5) is 24.8. The predicted octanol–water partition coefficient (Wildman–Crippen LogP) is 6.77. The largest absolute Gasteiger partial charge is 0.278 e. The van der Waals surface area contributed by atoms with Crippen molar-refractivity contribution >= 4 is 32.6 Å². The molecule has 0 bridgehead atoms. The molecule has 1 amide bonds. The van der Waals surface area contributed by atoms with Crippen molar-refractivity contribution in [1.82, 2.24) is 9.97 Å². The average Bonchev–Trinajstić information content (AvgIpc) is 3.32. The molecule has 0 atom stereocenters. The fourth-order valence-electron chi connectivity index (χ4n) is 3.87. The maximum atomic E-state index is 13.7. The Kier molecular flexibility index (Phi) is 5.96. The van der Waals surface area contributed by atoms with Crippen LogP contribution in [0.4, 0.5) is 5.13 Å². The maximum absolute atomic E-state index is 13.7. The van der Waals surface area contributed by atoms with E-state index in [4.69, 9.17) is 4.98 Å². The lowest BCUT2D eigenvalue weighted by Gasteiger charge is -2.20. The molecule has 3 aromatic carbocycles. The van der Waals surface area contributed by atoms with Crippen molar-refractivity contribution in [3.63, 3.8) is 0 Å². The normalized spacial score (nSPS) is 10.9. The van der Waals surface area contributed by atoms with Gasteiger partial charge in [0.25, 0.3) is 5.91 Å². The van der Waals surface area contributed by atoms with E-state index < -0.39 is 0 Å².